The minimum absolute atomic E-state index is 0.578. The largest absolute Gasteiger partial charge is 0.493 e. The predicted octanol–water partition coefficient (Wildman–Crippen LogP) is 4.42. The van der Waals surface area contributed by atoms with Crippen LogP contribution >= 0.6 is 15.9 Å². The first-order valence-corrected chi connectivity index (χ1v) is 7.49. The SMILES string of the molecule is CCCC(CBr)COc1ccc2cccnc2c1. The summed E-state index contributed by atoms with van der Waals surface area (Å²) in [6.07, 6.45) is 4.19. The van der Waals surface area contributed by atoms with Crippen molar-refractivity contribution < 1.29 is 4.74 Å². The molecule has 0 aliphatic rings. The molecule has 3 heteroatoms. The molecule has 1 aromatic carbocycles. The van der Waals surface area contributed by atoms with E-state index in [1.165, 1.54) is 12.8 Å². The number of rotatable bonds is 6. The lowest BCUT2D eigenvalue weighted by Crippen LogP contribution is -2.13. The van der Waals surface area contributed by atoms with Crippen molar-refractivity contribution in [2.24, 2.45) is 5.92 Å². The lowest BCUT2D eigenvalue weighted by Gasteiger charge is -2.14. The molecule has 0 aliphatic carbocycles. The van der Waals surface area contributed by atoms with Crippen LogP contribution in [0.25, 0.3) is 10.9 Å². The van der Waals surface area contributed by atoms with E-state index in [2.05, 4.69) is 40.0 Å². The van der Waals surface area contributed by atoms with Crippen LogP contribution < -0.4 is 4.74 Å². The van der Waals surface area contributed by atoms with E-state index < -0.39 is 0 Å². The van der Waals surface area contributed by atoms with Gasteiger partial charge in [-0.05, 0) is 24.6 Å². The van der Waals surface area contributed by atoms with Crippen LogP contribution in [0.3, 0.4) is 0 Å². The molecule has 0 spiro atoms. The Morgan fingerprint density at radius 1 is 1.33 bits per heavy atom. The number of halogens is 1. The Kier molecular flexibility index (Phi) is 5.00. The molecular formula is C15H18BrNO. The average Bonchev–Trinajstić information content (AvgIpc) is 2.43. The third kappa shape index (κ3) is 3.45. The van der Waals surface area contributed by atoms with E-state index in [1.807, 2.05) is 24.4 Å². The smallest absolute Gasteiger partial charge is 0.121 e. The molecular weight excluding hydrogens is 290 g/mol. The van der Waals surface area contributed by atoms with Crippen LogP contribution in [0.5, 0.6) is 5.75 Å². The number of alkyl halides is 1. The molecule has 2 aromatic rings. The van der Waals surface area contributed by atoms with Crippen molar-refractivity contribution in [3.63, 3.8) is 0 Å². The zero-order chi connectivity index (χ0) is 12.8. The van der Waals surface area contributed by atoms with Crippen LogP contribution in [0.1, 0.15) is 19.8 Å². The van der Waals surface area contributed by atoms with E-state index in [1.54, 1.807) is 0 Å². The quantitative estimate of drug-likeness (QED) is 0.737. The molecule has 0 fully saturated rings. The summed E-state index contributed by atoms with van der Waals surface area (Å²) < 4.78 is 5.85. The fourth-order valence-corrected chi connectivity index (χ4v) is 2.47. The Morgan fingerprint density at radius 2 is 2.22 bits per heavy atom. The number of aromatic nitrogens is 1. The summed E-state index contributed by atoms with van der Waals surface area (Å²) >= 11 is 3.54. The van der Waals surface area contributed by atoms with Crippen molar-refractivity contribution in [3.8, 4) is 5.75 Å². The van der Waals surface area contributed by atoms with Crippen LogP contribution in [0, 0.1) is 5.92 Å². The molecule has 0 amide bonds. The monoisotopic (exact) mass is 307 g/mol. The van der Waals surface area contributed by atoms with Gasteiger partial charge in [-0.3, -0.25) is 4.98 Å². The summed E-state index contributed by atoms with van der Waals surface area (Å²) in [7, 11) is 0. The molecule has 1 unspecified atom stereocenters. The van der Waals surface area contributed by atoms with E-state index in [9.17, 15) is 0 Å². The van der Waals surface area contributed by atoms with Gasteiger partial charge in [-0.15, -0.1) is 0 Å². The highest BCUT2D eigenvalue weighted by Gasteiger charge is 2.07. The molecule has 0 saturated carbocycles. The van der Waals surface area contributed by atoms with Crippen molar-refractivity contribution in [3.05, 3.63) is 36.5 Å². The van der Waals surface area contributed by atoms with Gasteiger partial charge in [0, 0.05) is 28.9 Å². The molecule has 0 bridgehead atoms. The highest BCUT2D eigenvalue weighted by atomic mass is 79.9. The molecule has 2 rings (SSSR count). The van der Waals surface area contributed by atoms with E-state index in [0.29, 0.717) is 5.92 Å². The standard InChI is InChI=1S/C15H18BrNO/c1-2-4-12(10-16)11-18-14-7-6-13-5-3-8-17-15(13)9-14/h3,5-9,12H,2,4,10-11H2,1H3. The Hall–Kier alpha value is -1.09. The van der Waals surface area contributed by atoms with Gasteiger partial charge in [0.2, 0.25) is 0 Å². The van der Waals surface area contributed by atoms with Gasteiger partial charge >= 0.3 is 0 Å². The molecule has 1 aromatic heterocycles. The maximum atomic E-state index is 5.85. The summed E-state index contributed by atoms with van der Waals surface area (Å²) in [5.41, 5.74) is 0.987. The summed E-state index contributed by atoms with van der Waals surface area (Å²) in [6, 6.07) is 10.1. The second-order valence-corrected chi connectivity index (χ2v) is 5.13. The molecule has 1 heterocycles. The lowest BCUT2D eigenvalue weighted by molar-refractivity contribution is 0.255. The molecule has 0 saturated heterocycles. The van der Waals surface area contributed by atoms with Crippen LogP contribution in [-0.4, -0.2) is 16.9 Å². The van der Waals surface area contributed by atoms with Crippen molar-refractivity contribution in [2.45, 2.75) is 19.8 Å². The van der Waals surface area contributed by atoms with Gasteiger partial charge in [0.15, 0.2) is 0 Å². The Balaban J connectivity index is 2.03. The van der Waals surface area contributed by atoms with Crippen molar-refractivity contribution in [2.75, 3.05) is 11.9 Å². The Labute approximate surface area is 117 Å². The summed E-state index contributed by atoms with van der Waals surface area (Å²) in [5.74, 6) is 1.48. The summed E-state index contributed by atoms with van der Waals surface area (Å²) in [4.78, 5) is 4.34. The number of ether oxygens (including phenoxy) is 1. The second kappa shape index (κ2) is 6.74. The maximum absolute atomic E-state index is 5.85. The van der Waals surface area contributed by atoms with Gasteiger partial charge in [-0.1, -0.05) is 35.3 Å². The van der Waals surface area contributed by atoms with Gasteiger partial charge in [0.25, 0.3) is 0 Å². The van der Waals surface area contributed by atoms with Crippen LogP contribution in [0.2, 0.25) is 0 Å². The van der Waals surface area contributed by atoms with Gasteiger partial charge in [-0.2, -0.15) is 0 Å². The first kappa shape index (κ1) is 13.3. The van der Waals surface area contributed by atoms with Gasteiger partial charge in [0.05, 0.1) is 12.1 Å². The first-order chi connectivity index (χ1) is 8.83. The zero-order valence-corrected chi connectivity index (χ0v) is 12.2. The van der Waals surface area contributed by atoms with Gasteiger partial charge < -0.3 is 4.74 Å². The number of pyridine rings is 1. The Bertz CT molecular complexity index is 501. The molecule has 0 radical (unpaired) electrons. The van der Waals surface area contributed by atoms with Crippen LogP contribution in [0.4, 0.5) is 0 Å². The maximum Gasteiger partial charge on any atom is 0.121 e. The third-order valence-corrected chi connectivity index (χ3v) is 3.89. The normalized spacial score (nSPS) is 12.6. The topological polar surface area (TPSA) is 22.1 Å². The lowest BCUT2D eigenvalue weighted by atomic mass is 10.1. The second-order valence-electron chi connectivity index (χ2n) is 4.48. The minimum Gasteiger partial charge on any atom is -0.493 e. The van der Waals surface area contributed by atoms with Crippen molar-refractivity contribution in [1.82, 2.24) is 4.98 Å². The van der Waals surface area contributed by atoms with E-state index in [0.717, 1.165) is 28.6 Å². The number of benzene rings is 1. The van der Waals surface area contributed by atoms with Crippen LogP contribution in [-0.2, 0) is 0 Å². The molecule has 96 valence electrons. The van der Waals surface area contributed by atoms with E-state index in [-0.39, 0.29) is 0 Å². The molecule has 0 aliphatic heterocycles. The number of hydrogen-bond donors (Lipinski definition) is 0. The van der Waals surface area contributed by atoms with Crippen LogP contribution in [0.15, 0.2) is 36.5 Å². The van der Waals surface area contributed by atoms with Crippen molar-refractivity contribution in [1.29, 1.82) is 0 Å². The molecule has 2 nitrogen and oxygen atoms in total. The summed E-state index contributed by atoms with van der Waals surface area (Å²) in [5, 5.41) is 2.14. The number of fused-ring (bicyclic) bond motifs is 1. The molecule has 0 N–H and O–H groups in total. The average molecular weight is 308 g/mol. The zero-order valence-electron chi connectivity index (χ0n) is 10.6. The van der Waals surface area contributed by atoms with Crippen molar-refractivity contribution >= 4 is 26.8 Å². The predicted molar refractivity (Wildman–Crippen MR) is 79.4 cm³/mol. The van der Waals surface area contributed by atoms with E-state index >= 15 is 0 Å². The fourth-order valence-electron chi connectivity index (χ4n) is 1.96. The minimum atomic E-state index is 0.578. The molecule has 18 heavy (non-hydrogen) atoms. The van der Waals surface area contributed by atoms with Gasteiger partial charge in [0.1, 0.15) is 5.75 Å². The summed E-state index contributed by atoms with van der Waals surface area (Å²) in [6.45, 7) is 2.97. The highest BCUT2D eigenvalue weighted by Crippen LogP contribution is 2.20. The van der Waals surface area contributed by atoms with Gasteiger partial charge in [-0.25, -0.2) is 0 Å². The third-order valence-electron chi connectivity index (χ3n) is 2.98. The fraction of sp³-hybridized carbons (Fsp3) is 0.400. The van der Waals surface area contributed by atoms with E-state index in [4.69, 9.17) is 4.74 Å². The molecule has 1 atom stereocenters. The number of hydrogen-bond acceptors (Lipinski definition) is 2. The first-order valence-electron chi connectivity index (χ1n) is 6.37. The Morgan fingerprint density at radius 3 is 3.00 bits per heavy atom. The highest BCUT2D eigenvalue weighted by molar-refractivity contribution is 9.09. The number of nitrogens with zero attached hydrogens (tertiary/aromatic N) is 1.